The van der Waals surface area contributed by atoms with Gasteiger partial charge in [-0.3, -0.25) is 4.90 Å². The molecule has 0 aromatic rings. The lowest BCUT2D eigenvalue weighted by Crippen LogP contribution is -2.51. The average molecular weight is 266 g/mol. The zero-order chi connectivity index (χ0) is 13.3. The molecular weight excluding hydrogens is 236 g/mol. The van der Waals surface area contributed by atoms with Gasteiger partial charge in [-0.05, 0) is 50.5 Å². The van der Waals surface area contributed by atoms with Crippen molar-refractivity contribution in [1.29, 1.82) is 0 Å². The van der Waals surface area contributed by atoms with Crippen molar-refractivity contribution < 1.29 is 4.74 Å². The molecule has 3 aliphatic rings. The van der Waals surface area contributed by atoms with Crippen LogP contribution in [0.5, 0.6) is 0 Å². The average Bonchev–Trinajstić information content (AvgIpc) is 2.85. The molecule has 2 unspecified atom stereocenters. The summed E-state index contributed by atoms with van der Waals surface area (Å²) in [5.74, 6) is 0. The highest BCUT2D eigenvalue weighted by molar-refractivity contribution is 4.87. The first-order valence-corrected chi connectivity index (χ1v) is 8.21. The van der Waals surface area contributed by atoms with Crippen LogP contribution >= 0.6 is 0 Å². The molecule has 2 atom stereocenters. The van der Waals surface area contributed by atoms with Crippen LogP contribution in [0.3, 0.4) is 0 Å². The van der Waals surface area contributed by atoms with Gasteiger partial charge in [-0.1, -0.05) is 13.8 Å². The highest BCUT2D eigenvalue weighted by Gasteiger charge is 2.33. The lowest BCUT2D eigenvalue weighted by atomic mass is 9.75. The quantitative estimate of drug-likeness (QED) is 0.849. The van der Waals surface area contributed by atoms with Gasteiger partial charge in [0, 0.05) is 25.2 Å². The van der Waals surface area contributed by atoms with Gasteiger partial charge in [0.15, 0.2) is 0 Å². The maximum atomic E-state index is 6.02. The van der Waals surface area contributed by atoms with Gasteiger partial charge >= 0.3 is 0 Å². The highest BCUT2D eigenvalue weighted by Crippen LogP contribution is 2.35. The van der Waals surface area contributed by atoms with E-state index in [0.29, 0.717) is 11.5 Å². The van der Waals surface area contributed by atoms with E-state index in [1.807, 2.05) is 0 Å². The number of rotatable bonds is 3. The smallest absolute Gasteiger partial charge is 0.0827 e. The van der Waals surface area contributed by atoms with Gasteiger partial charge < -0.3 is 10.1 Å². The van der Waals surface area contributed by atoms with E-state index >= 15 is 0 Å². The van der Waals surface area contributed by atoms with E-state index in [2.05, 4.69) is 24.1 Å². The standard InChI is InChI=1S/C16H30N2O/c1-16(2)7-5-13(6-8-16)17-10-15-11-18-9-3-4-14(18)12-19-15/h13-15,17H,3-12H2,1-2H3. The van der Waals surface area contributed by atoms with Crippen molar-refractivity contribution in [3.8, 4) is 0 Å². The second-order valence-corrected chi connectivity index (χ2v) is 7.59. The van der Waals surface area contributed by atoms with Crippen LogP contribution in [0.25, 0.3) is 0 Å². The second kappa shape index (κ2) is 5.71. The summed E-state index contributed by atoms with van der Waals surface area (Å²) in [4.78, 5) is 2.64. The molecule has 19 heavy (non-hydrogen) atoms. The van der Waals surface area contributed by atoms with Crippen LogP contribution in [0.2, 0.25) is 0 Å². The second-order valence-electron chi connectivity index (χ2n) is 7.59. The van der Waals surface area contributed by atoms with Gasteiger partial charge in [0.1, 0.15) is 0 Å². The minimum absolute atomic E-state index is 0.421. The third-order valence-electron chi connectivity index (χ3n) is 5.43. The molecule has 2 heterocycles. The molecule has 3 rings (SSSR count). The first-order valence-electron chi connectivity index (χ1n) is 8.21. The lowest BCUT2D eigenvalue weighted by Gasteiger charge is -2.38. The van der Waals surface area contributed by atoms with Crippen LogP contribution < -0.4 is 5.32 Å². The number of fused-ring (bicyclic) bond motifs is 1. The lowest BCUT2D eigenvalue weighted by molar-refractivity contribution is -0.0485. The number of hydrogen-bond donors (Lipinski definition) is 1. The molecule has 3 fully saturated rings. The molecule has 1 N–H and O–H groups in total. The summed E-state index contributed by atoms with van der Waals surface area (Å²) in [6, 6.07) is 1.46. The predicted octanol–water partition coefficient (Wildman–Crippen LogP) is 2.41. The van der Waals surface area contributed by atoms with E-state index < -0.39 is 0 Å². The third kappa shape index (κ3) is 3.50. The molecule has 0 amide bonds. The fraction of sp³-hybridized carbons (Fsp3) is 1.00. The zero-order valence-corrected chi connectivity index (χ0v) is 12.7. The van der Waals surface area contributed by atoms with Gasteiger partial charge in [-0.2, -0.15) is 0 Å². The number of morpholine rings is 1. The van der Waals surface area contributed by atoms with Gasteiger partial charge in [-0.15, -0.1) is 0 Å². The summed E-state index contributed by atoms with van der Waals surface area (Å²) >= 11 is 0. The fourth-order valence-electron chi connectivity index (χ4n) is 3.91. The molecule has 1 saturated carbocycles. The van der Waals surface area contributed by atoms with Crippen molar-refractivity contribution in [2.75, 3.05) is 26.2 Å². The van der Waals surface area contributed by atoms with Crippen molar-refractivity contribution in [2.24, 2.45) is 5.41 Å². The summed E-state index contributed by atoms with van der Waals surface area (Å²) in [5, 5.41) is 3.76. The first kappa shape index (κ1) is 13.8. The van der Waals surface area contributed by atoms with Gasteiger partial charge in [0.05, 0.1) is 12.7 Å². The Balaban J connectivity index is 1.38. The Morgan fingerprint density at radius 2 is 2.00 bits per heavy atom. The summed E-state index contributed by atoms with van der Waals surface area (Å²) in [6.07, 6.45) is 8.54. The molecule has 2 saturated heterocycles. The molecule has 3 heteroatoms. The van der Waals surface area contributed by atoms with E-state index in [-0.39, 0.29) is 0 Å². The summed E-state index contributed by atoms with van der Waals surface area (Å²) < 4.78 is 6.02. The Morgan fingerprint density at radius 1 is 1.21 bits per heavy atom. The van der Waals surface area contributed by atoms with E-state index in [1.54, 1.807) is 0 Å². The highest BCUT2D eigenvalue weighted by atomic mass is 16.5. The van der Waals surface area contributed by atoms with Crippen molar-refractivity contribution in [3.63, 3.8) is 0 Å². The van der Waals surface area contributed by atoms with Gasteiger partial charge in [0.2, 0.25) is 0 Å². The van der Waals surface area contributed by atoms with E-state index in [4.69, 9.17) is 4.74 Å². The molecule has 0 bridgehead atoms. The molecule has 1 aliphatic carbocycles. The largest absolute Gasteiger partial charge is 0.374 e. The molecule has 2 aliphatic heterocycles. The fourth-order valence-corrected chi connectivity index (χ4v) is 3.91. The van der Waals surface area contributed by atoms with E-state index in [1.165, 1.54) is 45.1 Å². The third-order valence-corrected chi connectivity index (χ3v) is 5.43. The zero-order valence-electron chi connectivity index (χ0n) is 12.7. The summed E-state index contributed by atoms with van der Waals surface area (Å²) in [5.41, 5.74) is 0.572. The van der Waals surface area contributed by atoms with Crippen LogP contribution in [0.4, 0.5) is 0 Å². The normalized spacial score (nSPS) is 36.3. The van der Waals surface area contributed by atoms with Crippen molar-refractivity contribution in [1.82, 2.24) is 10.2 Å². The number of hydrogen-bond acceptors (Lipinski definition) is 3. The Bertz CT molecular complexity index is 295. The first-order chi connectivity index (χ1) is 9.12. The van der Waals surface area contributed by atoms with Crippen LogP contribution in [-0.2, 0) is 4.74 Å². The Labute approximate surface area is 118 Å². The number of ether oxygens (including phenoxy) is 1. The van der Waals surface area contributed by atoms with Gasteiger partial charge in [0.25, 0.3) is 0 Å². The maximum Gasteiger partial charge on any atom is 0.0827 e. The predicted molar refractivity (Wildman–Crippen MR) is 78.4 cm³/mol. The van der Waals surface area contributed by atoms with Crippen LogP contribution in [0, 0.1) is 5.41 Å². The molecule has 0 aromatic carbocycles. The summed E-state index contributed by atoms with van der Waals surface area (Å²) in [6.45, 7) is 9.26. The van der Waals surface area contributed by atoms with Crippen molar-refractivity contribution in [3.05, 3.63) is 0 Å². The van der Waals surface area contributed by atoms with Crippen LogP contribution in [-0.4, -0.2) is 49.3 Å². The number of nitrogens with one attached hydrogen (secondary N) is 1. The van der Waals surface area contributed by atoms with Crippen molar-refractivity contribution in [2.45, 2.75) is 70.6 Å². The summed E-state index contributed by atoms with van der Waals surface area (Å²) in [7, 11) is 0. The topological polar surface area (TPSA) is 24.5 Å². The minimum atomic E-state index is 0.421. The van der Waals surface area contributed by atoms with Gasteiger partial charge in [-0.25, -0.2) is 0 Å². The Kier molecular flexibility index (Phi) is 4.16. The Hall–Kier alpha value is -0.120. The minimum Gasteiger partial charge on any atom is -0.374 e. The number of nitrogens with zero attached hydrogens (tertiary/aromatic N) is 1. The molecule has 3 nitrogen and oxygen atoms in total. The Morgan fingerprint density at radius 3 is 2.79 bits per heavy atom. The molecular formula is C16H30N2O. The van der Waals surface area contributed by atoms with Crippen LogP contribution in [0.15, 0.2) is 0 Å². The molecule has 0 aromatic heterocycles. The monoisotopic (exact) mass is 266 g/mol. The van der Waals surface area contributed by atoms with Crippen LogP contribution in [0.1, 0.15) is 52.4 Å². The molecule has 110 valence electrons. The molecule has 0 radical (unpaired) electrons. The van der Waals surface area contributed by atoms with Crippen molar-refractivity contribution >= 4 is 0 Å². The van der Waals surface area contributed by atoms with E-state index in [9.17, 15) is 0 Å². The molecule has 0 spiro atoms. The maximum absolute atomic E-state index is 6.02. The SMILES string of the molecule is CC1(C)CCC(NCC2CN3CCCC3CO2)CC1. The van der Waals surface area contributed by atoms with E-state index in [0.717, 1.165) is 31.8 Å².